The molecule has 4 nitrogen and oxygen atoms in total. The highest BCUT2D eigenvalue weighted by molar-refractivity contribution is 5.92. The Morgan fingerprint density at radius 3 is 2.71 bits per heavy atom. The van der Waals surface area contributed by atoms with E-state index >= 15 is 0 Å². The molecule has 1 atom stereocenters. The van der Waals surface area contributed by atoms with Crippen molar-refractivity contribution in [3.05, 3.63) is 23.8 Å². The second kappa shape index (κ2) is 9.40. The van der Waals surface area contributed by atoms with Crippen molar-refractivity contribution in [2.75, 3.05) is 11.9 Å². The number of carbonyl (C=O) groups is 1. The first-order chi connectivity index (χ1) is 10.1. The Morgan fingerprint density at radius 1 is 1.33 bits per heavy atom. The minimum Gasteiger partial charge on any atom is -0.492 e. The first-order valence-electron chi connectivity index (χ1n) is 7.91. The van der Waals surface area contributed by atoms with Crippen LogP contribution in [0.3, 0.4) is 0 Å². The summed E-state index contributed by atoms with van der Waals surface area (Å²) in [6, 6.07) is 6.05. The lowest BCUT2D eigenvalue weighted by molar-refractivity contribution is -0.116. The van der Waals surface area contributed by atoms with Gasteiger partial charge in [-0.05, 0) is 43.9 Å². The van der Waals surface area contributed by atoms with E-state index in [9.17, 15) is 4.79 Å². The van der Waals surface area contributed by atoms with Crippen LogP contribution >= 0.6 is 0 Å². The second-order valence-corrected chi connectivity index (χ2v) is 5.29. The Morgan fingerprint density at radius 2 is 2.10 bits per heavy atom. The van der Waals surface area contributed by atoms with Gasteiger partial charge in [0.2, 0.25) is 5.91 Å². The number of carbonyl (C=O) groups excluding carboxylic acids is 1. The lowest BCUT2D eigenvalue weighted by Gasteiger charge is -2.15. The van der Waals surface area contributed by atoms with Crippen LogP contribution in [0.5, 0.6) is 5.75 Å². The molecule has 0 bridgehead atoms. The van der Waals surface area contributed by atoms with Crippen molar-refractivity contribution in [3.63, 3.8) is 0 Å². The van der Waals surface area contributed by atoms with E-state index in [0.29, 0.717) is 13.0 Å². The van der Waals surface area contributed by atoms with Gasteiger partial charge in [0.25, 0.3) is 0 Å². The van der Waals surface area contributed by atoms with Gasteiger partial charge < -0.3 is 15.8 Å². The summed E-state index contributed by atoms with van der Waals surface area (Å²) < 4.78 is 5.64. The van der Waals surface area contributed by atoms with Gasteiger partial charge in [0.1, 0.15) is 5.75 Å². The molecule has 0 spiro atoms. The Bertz CT molecular complexity index is 446. The molecule has 0 radical (unpaired) electrons. The summed E-state index contributed by atoms with van der Waals surface area (Å²) in [4.78, 5) is 11.9. The predicted octanol–water partition coefficient (Wildman–Crippen LogP) is 3.49. The van der Waals surface area contributed by atoms with Crippen molar-refractivity contribution in [2.24, 2.45) is 5.73 Å². The number of nitrogens with two attached hydrogens (primary N) is 1. The maximum Gasteiger partial charge on any atom is 0.224 e. The van der Waals surface area contributed by atoms with Crippen LogP contribution in [0.25, 0.3) is 0 Å². The van der Waals surface area contributed by atoms with Crippen molar-refractivity contribution in [1.29, 1.82) is 0 Å². The molecule has 21 heavy (non-hydrogen) atoms. The van der Waals surface area contributed by atoms with Crippen molar-refractivity contribution in [2.45, 2.75) is 58.9 Å². The molecule has 1 aromatic rings. The van der Waals surface area contributed by atoms with E-state index in [4.69, 9.17) is 10.5 Å². The van der Waals surface area contributed by atoms with E-state index in [0.717, 1.165) is 42.7 Å². The molecule has 4 heteroatoms. The van der Waals surface area contributed by atoms with Crippen LogP contribution in [0.4, 0.5) is 5.69 Å². The summed E-state index contributed by atoms with van der Waals surface area (Å²) in [6.45, 7) is 6.66. The quantitative estimate of drug-likeness (QED) is 0.732. The van der Waals surface area contributed by atoms with Gasteiger partial charge in [0.05, 0.1) is 12.3 Å². The molecule has 0 fully saturated rings. The third-order valence-corrected chi connectivity index (χ3v) is 3.40. The molecule has 0 aliphatic rings. The average Bonchev–Trinajstić information content (AvgIpc) is 2.48. The van der Waals surface area contributed by atoms with Gasteiger partial charge in [-0.15, -0.1) is 0 Å². The van der Waals surface area contributed by atoms with Crippen LogP contribution < -0.4 is 15.8 Å². The zero-order chi connectivity index (χ0) is 15.7. The van der Waals surface area contributed by atoms with Gasteiger partial charge in [-0.2, -0.15) is 0 Å². The molecule has 0 aliphatic heterocycles. The lowest BCUT2D eigenvalue weighted by atomic mass is 10.0. The average molecular weight is 292 g/mol. The Balaban J connectivity index is 2.80. The molecule has 1 rings (SSSR count). The molecule has 3 N–H and O–H groups in total. The van der Waals surface area contributed by atoms with E-state index < -0.39 is 0 Å². The number of amides is 1. The van der Waals surface area contributed by atoms with Crippen LogP contribution in [0.2, 0.25) is 0 Å². The number of hydrogen-bond donors (Lipinski definition) is 2. The van der Waals surface area contributed by atoms with Gasteiger partial charge in [0, 0.05) is 12.5 Å². The number of benzene rings is 1. The van der Waals surface area contributed by atoms with Crippen molar-refractivity contribution >= 4 is 11.6 Å². The van der Waals surface area contributed by atoms with Crippen molar-refractivity contribution in [3.8, 4) is 5.75 Å². The fraction of sp³-hybridized carbons (Fsp3) is 0.588. The Hall–Kier alpha value is -1.55. The summed E-state index contributed by atoms with van der Waals surface area (Å²) >= 11 is 0. The molecule has 0 heterocycles. The molecular formula is C17H28N2O2. The zero-order valence-corrected chi connectivity index (χ0v) is 13.4. The third kappa shape index (κ3) is 6.17. The minimum absolute atomic E-state index is 0.0378. The molecular weight excluding hydrogens is 264 g/mol. The SMILES string of the molecule is CCCCC(=O)Nc1ccc(CC(N)CC)cc1OCC. The van der Waals surface area contributed by atoms with Crippen molar-refractivity contribution in [1.82, 2.24) is 0 Å². The number of unbranched alkanes of at least 4 members (excludes halogenated alkanes) is 1. The van der Waals surface area contributed by atoms with Crippen LogP contribution in [-0.2, 0) is 11.2 Å². The summed E-state index contributed by atoms with van der Waals surface area (Å²) in [5.41, 5.74) is 7.87. The van der Waals surface area contributed by atoms with Crippen LogP contribution in [0.1, 0.15) is 52.0 Å². The third-order valence-electron chi connectivity index (χ3n) is 3.40. The fourth-order valence-electron chi connectivity index (χ4n) is 2.07. The normalized spacial score (nSPS) is 12.0. The lowest BCUT2D eigenvalue weighted by Crippen LogP contribution is -2.21. The zero-order valence-electron chi connectivity index (χ0n) is 13.4. The van der Waals surface area contributed by atoms with Gasteiger partial charge in [0.15, 0.2) is 0 Å². The summed E-state index contributed by atoms with van der Waals surface area (Å²) in [5.74, 6) is 0.763. The van der Waals surface area contributed by atoms with Crippen LogP contribution in [0.15, 0.2) is 18.2 Å². The monoisotopic (exact) mass is 292 g/mol. The molecule has 1 unspecified atom stereocenters. The Labute approximate surface area is 128 Å². The molecule has 118 valence electrons. The highest BCUT2D eigenvalue weighted by Gasteiger charge is 2.10. The minimum atomic E-state index is 0.0378. The highest BCUT2D eigenvalue weighted by Crippen LogP contribution is 2.27. The topological polar surface area (TPSA) is 64.4 Å². The first kappa shape index (κ1) is 17.5. The van der Waals surface area contributed by atoms with Crippen molar-refractivity contribution < 1.29 is 9.53 Å². The standard InChI is InChI=1S/C17H28N2O2/c1-4-7-8-17(20)19-15-10-9-13(11-14(18)5-2)12-16(15)21-6-3/h9-10,12,14H,4-8,11,18H2,1-3H3,(H,19,20). The number of rotatable bonds is 9. The van der Waals surface area contributed by atoms with E-state index in [1.54, 1.807) is 0 Å². The van der Waals surface area contributed by atoms with Gasteiger partial charge in [-0.25, -0.2) is 0 Å². The first-order valence-corrected chi connectivity index (χ1v) is 7.91. The predicted molar refractivity (Wildman–Crippen MR) is 87.7 cm³/mol. The highest BCUT2D eigenvalue weighted by atomic mass is 16.5. The van der Waals surface area contributed by atoms with E-state index in [1.165, 1.54) is 0 Å². The number of anilines is 1. The van der Waals surface area contributed by atoms with Crippen LogP contribution in [0, 0.1) is 0 Å². The van der Waals surface area contributed by atoms with Gasteiger partial charge >= 0.3 is 0 Å². The Kier molecular flexibility index (Phi) is 7.83. The number of nitrogens with one attached hydrogen (secondary N) is 1. The van der Waals surface area contributed by atoms with E-state index in [-0.39, 0.29) is 11.9 Å². The summed E-state index contributed by atoms with van der Waals surface area (Å²) in [5, 5.41) is 2.93. The maximum absolute atomic E-state index is 11.9. The van der Waals surface area contributed by atoms with Gasteiger partial charge in [-0.3, -0.25) is 4.79 Å². The molecule has 1 aromatic carbocycles. The molecule has 0 aliphatic carbocycles. The van der Waals surface area contributed by atoms with E-state index in [2.05, 4.69) is 19.2 Å². The fourth-order valence-corrected chi connectivity index (χ4v) is 2.07. The molecule has 0 saturated carbocycles. The largest absolute Gasteiger partial charge is 0.492 e. The molecule has 1 amide bonds. The summed E-state index contributed by atoms with van der Waals surface area (Å²) in [7, 11) is 0. The molecule has 0 saturated heterocycles. The smallest absolute Gasteiger partial charge is 0.224 e. The maximum atomic E-state index is 11.9. The summed E-state index contributed by atoms with van der Waals surface area (Å²) in [6.07, 6.45) is 4.23. The van der Waals surface area contributed by atoms with Gasteiger partial charge in [-0.1, -0.05) is 26.3 Å². The molecule has 0 aromatic heterocycles. The second-order valence-electron chi connectivity index (χ2n) is 5.29. The number of hydrogen-bond acceptors (Lipinski definition) is 3. The van der Waals surface area contributed by atoms with E-state index in [1.807, 2.05) is 25.1 Å². The number of ether oxygens (including phenoxy) is 1. The van der Waals surface area contributed by atoms with Crippen LogP contribution in [-0.4, -0.2) is 18.6 Å².